The van der Waals surface area contributed by atoms with Crippen LogP contribution in [0.15, 0.2) is 12.1 Å². The van der Waals surface area contributed by atoms with E-state index in [1.165, 1.54) is 0 Å². The number of thiophene rings is 1. The van der Waals surface area contributed by atoms with E-state index in [0.717, 1.165) is 30.7 Å². The topological polar surface area (TPSA) is 83.9 Å². The number of hydrogen-bond donors (Lipinski definition) is 1. The van der Waals surface area contributed by atoms with Crippen molar-refractivity contribution in [3.8, 4) is 0 Å². The summed E-state index contributed by atoms with van der Waals surface area (Å²) in [6.07, 6.45) is 2.64. The van der Waals surface area contributed by atoms with Gasteiger partial charge in [0.1, 0.15) is 4.88 Å². The lowest BCUT2D eigenvalue weighted by molar-refractivity contribution is -0.143. The van der Waals surface area contributed by atoms with Crippen LogP contribution >= 0.6 is 11.3 Å². The number of hydrogen-bond acceptors (Lipinski definition) is 6. The van der Waals surface area contributed by atoms with E-state index in [1.54, 1.807) is 12.1 Å². The van der Waals surface area contributed by atoms with Crippen molar-refractivity contribution >= 4 is 29.1 Å². The SMILES string of the molecule is CCCOC(=O)c1ccc(C(=O)CCN2CCCC(C(=O)O)C2)s1. The van der Waals surface area contributed by atoms with E-state index >= 15 is 0 Å². The monoisotopic (exact) mass is 353 g/mol. The number of ether oxygens (including phenoxy) is 1. The zero-order valence-electron chi connectivity index (χ0n) is 13.8. The van der Waals surface area contributed by atoms with Crippen molar-refractivity contribution in [2.24, 2.45) is 5.92 Å². The van der Waals surface area contributed by atoms with Crippen LogP contribution in [0.3, 0.4) is 0 Å². The van der Waals surface area contributed by atoms with Gasteiger partial charge in [0, 0.05) is 19.5 Å². The van der Waals surface area contributed by atoms with E-state index in [1.807, 2.05) is 11.8 Å². The predicted molar refractivity (Wildman–Crippen MR) is 90.6 cm³/mol. The van der Waals surface area contributed by atoms with Gasteiger partial charge in [0.25, 0.3) is 0 Å². The summed E-state index contributed by atoms with van der Waals surface area (Å²) < 4.78 is 5.06. The van der Waals surface area contributed by atoms with Crippen molar-refractivity contribution in [2.45, 2.75) is 32.6 Å². The molecule has 7 heteroatoms. The zero-order chi connectivity index (χ0) is 17.5. The highest BCUT2D eigenvalue weighted by Gasteiger charge is 2.25. The second-order valence-electron chi connectivity index (χ2n) is 5.95. The standard InChI is InChI=1S/C17H23NO5S/c1-2-10-23-17(22)15-6-5-14(24-15)13(19)7-9-18-8-3-4-12(11-18)16(20)21/h5-6,12H,2-4,7-11H2,1H3,(H,20,21). The predicted octanol–water partition coefficient (Wildman–Crippen LogP) is 2.68. The summed E-state index contributed by atoms with van der Waals surface area (Å²) in [5.41, 5.74) is 0. The van der Waals surface area contributed by atoms with Gasteiger partial charge in [-0.2, -0.15) is 0 Å². The van der Waals surface area contributed by atoms with Crippen LogP contribution in [0.25, 0.3) is 0 Å². The summed E-state index contributed by atoms with van der Waals surface area (Å²) in [6.45, 7) is 4.18. The Morgan fingerprint density at radius 2 is 2.08 bits per heavy atom. The second kappa shape index (κ2) is 8.94. The normalized spacial score (nSPS) is 18.3. The molecule has 0 aromatic carbocycles. The van der Waals surface area contributed by atoms with Gasteiger partial charge in [0.05, 0.1) is 17.4 Å². The van der Waals surface area contributed by atoms with Gasteiger partial charge in [-0.15, -0.1) is 11.3 Å². The molecule has 24 heavy (non-hydrogen) atoms. The van der Waals surface area contributed by atoms with Gasteiger partial charge in [0.2, 0.25) is 0 Å². The molecule has 1 fully saturated rings. The molecule has 2 rings (SSSR count). The molecular weight excluding hydrogens is 330 g/mol. The number of carboxylic acid groups (broad SMARTS) is 1. The van der Waals surface area contributed by atoms with E-state index in [9.17, 15) is 14.4 Å². The number of carbonyl (C=O) groups is 3. The zero-order valence-corrected chi connectivity index (χ0v) is 14.6. The maximum absolute atomic E-state index is 12.3. The smallest absolute Gasteiger partial charge is 0.348 e. The van der Waals surface area contributed by atoms with Crippen molar-refractivity contribution in [3.63, 3.8) is 0 Å². The number of ketones is 1. The lowest BCUT2D eigenvalue weighted by Crippen LogP contribution is -2.39. The average molecular weight is 353 g/mol. The van der Waals surface area contributed by atoms with Gasteiger partial charge in [-0.05, 0) is 37.9 Å². The highest BCUT2D eigenvalue weighted by atomic mass is 32.1. The van der Waals surface area contributed by atoms with Crippen molar-refractivity contribution in [2.75, 3.05) is 26.2 Å². The van der Waals surface area contributed by atoms with Crippen LogP contribution in [-0.2, 0) is 9.53 Å². The van der Waals surface area contributed by atoms with Crippen LogP contribution in [0.2, 0.25) is 0 Å². The summed E-state index contributed by atoms with van der Waals surface area (Å²) in [5, 5.41) is 9.09. The summed E-state index contributed by atoms with van der Waals surface area (Å²) in [6, 6.07) is 3.28. The van der Waals surface area contributed by atoms with Crippen molar-refractivity contribution in [1.82, 2.24) is 4.90 Å². The molecule has 6 nitrogen and oxygen atoms in total. The van der Waals surface area contributed by atoms with Crippen molar-refractivity contribution in [1.29, 1.82) is 0 Å². The van der Waals surface area contributed by atoms with Crippen LogP contribution in [0.1, 0.15) is 52.0 Å². The number of carbonyl (C=O) groups excluding carboxylic acids is 2. The fourth-order valence-corrected chi connectivity index (χ4v) is 3.57. The molecule has 1 saturated heterocycles. The van der Waals surface area contributed by atoms with Gasteiger partial charge < -0.3 is 14.7 Å². The summed E-state index contributed by atoms with van der Waals surface area (Å²) >= 11 is 1.15. The van der Waals surface area contributed by atoms with Gasteiger partial charge in [-0.3, -0.25) is 9.59 Å². The first kappa shape index (κ1) is 18.6. The Kier molecular flexibility index (Phi) is 6.93. The highest BCUT2D eigenvalue weighted by Crippen LogP contribution is 2.21. The molecule has 1 aromatic heterocycles. The first-order valence-electron chi connectivity index (χ1n) is 8.26. The molecule has 1 aliphatic heterocycles. The highest BCUT2D eigenvalue weighted by molar-refractivity contribution is 7.15. The fourth-order valence-electron chi connectivity index (χ4n) is 2.71. The lowest BCUT2D eigenvalue weighted by atomic mass is 9.98. The number of aliphatic carboxylic acids is 1. The minimum Gasteiger partial charge on any atom is -0.481 e. The molecule has 1 unspecified atom stereocenters. The molecule has 0 spiro atoms. The molecule has 132 valence electrons. The third kappa shape index (κ3) is 5.14. The largest absolute Gasteiger partial charge is 0.481 e. The molecule has 0 bridgehead atoms. The number of likely N-dealkylation sites (tertiary alicyclic amines) is 1. The molecular formula is C17H23NO5S. The number of esters is 1. The lowest BCUT2D eigenvalue weighted by Gasteiger charge is -2.30. The minimum atomic E-state index is -0.764. The number of carboxylic acids is 1. The molecule has 1 N–H and O–H groups in total. The number of piperidine rings is 1. The Labute approximate surface area is 145 Å². The Morgan fingerprint density at radius 1 is 1.33 bits per heavy atom. The van der Waals surface area contributed by atoms with Gasteiger partial charge >= 0.3 is 11.9 Å². The fraction of sp³-hybridized carbons (Fsp3) is 0.588. The minimum absolute atomic E-state index is 0.0213. The Morgan fingerprint density at radius 3 is 2.79 bits per heavy atom. The van der Waals surface area contributed by atoms with Crippen LogP contribution in [0, 0.1) is 5.92 Å². The Bertz CT molecular complexity index is 598. The molecule has 1 aromatic rings. The molecule has 1 aliphatic rings. The first-order valence-corrected chi connectivity index (χ1v) is 9.08. The third-order valence-electron chi connectivity index (χ3n) is 4.03. The second-order valence-corrected chi connectivity index (χ2v) is 7.03. The van der Waals surface area contributed by atoms with Crippen LogP contribution in [-0.4, -0.2) is 54.0 Å². The summed E-state index contributed by atoms with van der Waals surface area (Å²) in [7, 11) is 0. The van der Waals surface area contributed by atoms with Crippen LogP contribution in [0.5, 0.6) is 0 Å². The molecule has 0 saturated carbocycles. The molecule has 0 radical (unpaired) electrons. The molecule has 0 amide bonds. The van der Waals surface area contributed by atoms with E-state index in [-0.39, 0.29) is 17.7 Å². The van der Waals surface area contributed by atoms with Gasteiger partial charge in [-0.1, -0.05) is 6.92 Å². The van der Waals surface area contributed by atoms with E-state index in [2.05, 4.69) is 0 Å². The number of Topliss-reactive ketones (excluding diaryl/α,β-unsaturated/α-hetero) is 1. The number of rotatable bonds is 8. The maximum atomic E-state index is 12.3. The van der Waals surface area contributed by atoms with Crippen LogP contribution < -0.4 is 0 Å². The summed E-state index contributed by atoms with van der Waals surface area (Å²) in [4.78, 5) is 38.1. The average Bonchev–Trinajstić information content (AvgIpc) is 3.08. The van der Waals surface area contributed by atoms with Gasteiger partial charge in [-0.25, -0.2) is 4.79 Å². The maximum Gasteiger partial charge on any atom is 0.348 e. The van der Waals surface area contributed by atoms with Crippen LogP contribution in [0.4, 0.5) is 0 Å². The van der Waals surface area contributed by atoms with E-state index < -0.39 is 5.97 Å². The quantitative estimate of drug-likeness (QED) is 0.571. The number of nitrogens with zero attached hydrogens (tertiary/aromatic N) is 1. The van der Waals surface area contributed by atoms with Crippen molar-refractivity contribution in [3.05, 3.63) is 21.9 Å². The van der Waals surface area contributed by atoms with E-state index in [4.69, 9.17) is 9.84 Å². The Balaban J connectivity index is 1.83. The Hall–Kier alpha value is -1.73. The molecule has 2 heterocycles. The van der Waals surface area contributed by atoms with Crippen molar-refractivity contribution < 1.29 is 24.2 Å². The van der Waals surface area contributed by atoms with Gasteiger partial charge in [0.15, 0.2) is 5.78 Å². The van der Waals surface area contributed by atoms with E-state index in [0.29, 0.717) is 42.3 Å². The first-order chi connectivity index (χ1) is 11.5. The summed E-state index contributed by atoms with van der Waals surface area (Å²) in [5.74, 6) is -1.51. The molecule has 1 atom stereocenters. The third-order valence-corrected chi connectivity index (χ3v) is 5.14. The molecule has 0 aliphatic carbocycles.